The maximum absolute atomic E-state index is 12.8. The lowest BCUT2D eigenvalue weighted by Crippen LogP contribution is -2.46. The lowest BCUT2D eigenvalue weighted by atomic mass is 10.1. The molecule has 0 aliphatic heterocycles. The highest BCUT2D eigenvalue weighted by Crippen LogP contribution is 2.15. The Balaban J connectivity index is 2.34. The van der Waals surface area contributed by atoms with Crippen molar-refractivity contribution in [1.29, 1.82) is 0 Å². The van der Waals surface area contributed by atoms with Gasteiger partial charge in [-0.25, -0.2) is 9.48 Å². The molecule has 1 amide bonds. The number of unbranched alkanes of at least 4 members (excludes halogenated alkanes) is 2. The van der Waals surface area contributed by atoms with Crippen molar-refractivity contribution in [3.8, 4) is 0 Å². The van der Waals surface area contributed by atoms with Gasteiger partial charge in [0.2, 0.25) is 0 Å². The van der Waals surface area contributed by atoms with E-state index in [0.717, 1.165) is 19.3 Å². The van der Waals surface area contributed by atoms with E-state index in [1.54, 1.807) is 24.3 Å². The molecule has 0 radical (unpaired) electrons. The van der Waals surface area contributed by atoms with Crippen LogP contribution in [0.25, 0.3) is 10.8 Å². The molecule has 1 unspecified atom stereocenters. The minimum Gasteiger partial charge on any atom is -0.448 e. The first-order valence-electron chi connectivity index (χ1n) is 9.67. The topological polar surface area (TPSA) is 90.3 Å². The van der Waals surface area contributed by atoms with E-state index >= 15 is 0 Å². The zero-order valence-electron chi connectivity index (χ0n) is 17.2. The van der Waals surface area contributed by atoms with E-state index in [0.29, 0.717) is 17.3 Å². The predicted molar refractivity (Wildman–Crippen MR) is 108 cm³/mol. The molecule has 1 aromatic heterocycles. The number of rotatable bonds is 7. The molecule has 1 heterocycles. The molecule has 7 heteroatoms. The number of carbonyl (C=O) groups excluding carboxylic acids is 2. The zero-order valence-corrected chi connectivity index (χ0v) is 17.2. The van der Waals surface area contributed by atoms with Gasteiger partial charge in [-0.1, -0.05) is 38.0 Å². The van der Waals surface area contributed by atoms with Crippen molar-refractivity contribution in [2.24, 2.45) is 0 Å². The molecular weight excluding hydrogens is 358 g/mol. The number of ether oxygens (including phenoxy) is 1. The summed E-state index contributed by atoms with van der Waals surface area (Å²) >= 11 is 0. The summed E-state index contributed by atoms with van der Waals surface area (Å²) in [6, 6.07) is 6.81. The highest BCUT2D eigenvalue weighted by atomic mass is 16.5. The second kappa shape index (κ2) is 8.99. The van der Waals surface area contributed by atoms with Gasteiger partial charge < -0.3 is 10.1 Å². The standard InChI is InChI=1S/C21H29N3O4/c1-6-7-10-13-24-19(26)16-12-9-8-11-15(16)17(23-24)20(27)28-14(2)18(25)22-21(3,4)5/h8-9,11-12,14H,6-7,10,13H2,1-5H3,(H,22,25). The summed E-state index contributed by atoms with van der Waals surface area (Å²) in [5.41, 5.74) is -0.626. The van der Waals surface area contributed by atoms with Crippen molar-refractivity contribution in [1.82, 2.24) is 15.1 Å². The van der Waals surface area contributed by atoms with Crippen molar-refractivity contribution >= 4 is 22.6 Å². The number of hydrogen-bond acceptors (Lipinski definition) is 5. The zero-order chi connectivity index (χ0) is 20.9. The minimum absolute atomic E-state index is 0.0436. The molecule has 0 saturated heterocycles. The molecule has 0 saturated carbocycles. The Kier molecular flexibility index (Phi) is 6.94. The average Bonchev–Trinajstić information content (AvgIpc) is 2.62. The Morgan fingerprint density at radius 3 is 2.43 bits per heavy atom. The molecule has 2 rings (SSSR count). The number of benzene rings is 1. The van der Waals surface area contributed by atoms with Gasteiger partial charge >= 0.3 is 5.97 Å². The Morgan fingerprint density at radius 1 is 1.18 bits per heavy atom. The molecule has 1 aromatic carbocycles. The van der Waals surface area contributed by atoms with Gasteiger partial charge in [0.05, 0.1) is 5.39 Å². The summed E-state index contributed by atoms with van der Waals surface area (Å²) in [6.45, 7) is 9.56. The second-order valence-electron chi connectivity index (χ2n) is 7.92. The van der Waals surface area contributed by atoms with E-state index in [9.17, 15) is 14.4 Å². The number of nitrogens with one attached hydrogen (secondary N) is 1. The highest BCUT2D eigenvalue weighted by Gasteiger charge is 2.25. The van der Waals surface area contributed by atoms with Crippen LogP contribution in [0.1, 0.15) is 64.4 Å². The normalized spacial score (nSPS) is 12.6. The molecule has 152 valence electrons. The van der Waals surface area contributed by atoms with E-state index < -0.39 is 17.6 Å². The number of aryl methyl sites for hydroxylation is 1. The van der Waals surface area contributed by atoms with Crippen LogP contribution in [0.2, 0.25) is 0 Å². The van der Waals surface area contributed by atoms with Crippen molar-refractivity contribution in [2.45, 2.75) is 72.1 Å². The highest BCUT2D eigenvalue weighted by molar-refractivity contribution is 6.02. The Hall–Kier alpha value is -2.70. The van der Waals surface area contributed by atoms with E-state index in [4.69, 9.17) is 4.74 Å². The van der Waals surface area contributed by atoms with E-state index in [1.165, 1.54) is 11.6 Å². The molecule has 0 bridgehead atoms. The van der Waals surface area contributed by atoms with Crippen molar-refractivity contribution < 1.29 is 14.3 Å². The minimum atomic E-state index is -0.979. The van der Waals surface area contributed by atoms with Gasteiger partial charge in [0, 0.05) is 17.5 Å². The number of hydrogen-bond donors (Lipinski definition) is 1. The molecule has 1 atom stereocenters. The summed E-state index contributed by atoms with van der Waals surface area (Å²) < 4.78 is 6.66. The Labute approximate surface area is 165 Å². The maximum Gasteiger partial charge on any atom is 0.360 e. The van der Waals surface area contributed by atoms with E-state index in [1.807, 2.05) is 20.8 Å². The van der Waals surface area contributed by atoms with Crippen LogP contribution in [-0.2, 0) is 16.1 Å². The lowest BCUT2D eigenvalue weighted by molar-refractivity contribution is -0.130. The van der Waals surface area contributed by atoms with Crippen LogP contribution in [-0.4, -0.2) is 33.3 Å². The largest absolute Gasteiger partial charge is 0.448 e. The van der Waals surface area contributed by atoms with Gasteiger partial charge in [-0.05, 0) is 40.2 Å². The van der Waals surface area contributed by atoms with Crippen LogP contribution in [0.4, 0.5) is 0 Å². The fraction of sp³-hybridized carbons (Fsp3) is 0.524. The van der Waals surface area contributed by atoms with Gasteiger partial charge in [0.15, 0.2) is 11.8 Å². The third-order valence-electron chi connectivity index (χ3n) is 4.19. The van der Waals surface area contributed by atoms with Gasteiger partial charge in [0.25, 0.3) is 11.5 Å². The Morgan fingerprint density at radius 2 is 1.82 bits per heavy atom. The second-order valence-corrected chi connectivity index (χ2v) is 7.92. The molecule has 28 heavy (non-hydrogen) atoms. The summed E-state index contributed by atoms with van der Waals surface area (Å²) in [4.78, 5) is 37.6. The monoisotopic (exact) mass is 387 g/mol. The molecule has 7 nitrogen and oxygen atoms in total. The number of nitrogens with zero attached hydrogens (tertiary/aromatic N) is 2. The fourth-order valence-electron chi connectivity index (χ4n) is 2.79. The molecule has 0 fully saturated rings. The third kappa shape index (κ3) is 5.41. The first kappa shape index (κ1) is 21.6. The molecule has 0 aliphatic rings. The fourth-order valence-corrected chi connectivity index (χ4v) is 2.79. The maximum atomic E-state index is 12.8. The van der Waals surface area contributed by atoms with Gasteiger partial charge in [0.1, 0.15) is 0 Å². The molecule has 1 N–H and O–H groups in total. The molecule has 0 spiro atoms. The van der Waals surface area contributed by atoms with Gasteiger partial charge in [-0.3, -0.25) is 9.59 Å². The van der Waals surface area contributed by atoms with E-state index in [-0.39, 0.29) is 17.2 Å². The lowest BCUT2D eigenvalue weighted by Gasteiger charge is -2.23. The quantitative estimate of drug-likeness (QED) is 0.582. The van der Waals surface area contributed by atoms with Crippen LogP contribution in [0, 0.1) is 0 Å². The summed E-state index contributed by atoms with van der Waals surface area (Å²) in [5.74, 6) is -1.11. The first-order chi connectivity index (χ1) is 13.1. The average molecular weight is 387 g/mol. The molecule has 2 aromatic rings. The van der Waals surface area contributed by atoms with Crippen molar-refractivity contribution in [3.63, 3.8) is 0 Å². The number of aromatic nitrogens is 2. The Bertz CT molecular complexity index is 912. The number of fused-ring (bicyclic) bond motifs is 1. The number of esters is 1. The predicted octanol–water partition coefficient (Wildman–Crippen LogP) is 3.05. The third-order valence-corrected chi connectivity index (χ3v) is 4.19. The van der Waals surface area contributed by atoms with Crippen molar-refractivity contribution in [2.75, 3.05) is 0 Å². The van der Waals surface area contributed by atoms with Gasteiger partial charge in [-0.2, -0.15) is 5.10 Å². The van der Waals surface area contributed by atoms with Crippen molar-refractivity contribution in [3.05, 3.63) is 40.3 Å². The smallest absolute Gasteiger partial charge is 0.360 e. The van der Waals surface area contributed by atoms with Crippen LogP contribution < -0.4 is 10.9 Å². The number of carbonyl (C=O) groups is 2. The summed E-state index contributed by atoms with van der Waals surface area (Å²) in [6.07, 6.45) is 1.79. The van der Waals surface area contributed by atoms with Crippen LogP contribution >= 0.6 is 0 Å². The van der Waals surface area contributed by atoms with Crippen LogP contribution in [0.3, 0.4) is 0 Å². The van der Waals surface area contributed by atoms with Gasteiger partial charge in [-0.15, -0.1) is 0 Å². The SMILES string of the molecule is CCCCCn1nc(C(=O)OC(C)C(=O)NC(C)(C)C)c2ccccc2c1=O. The van der Waals surface area contributed by atoms with E-state index in [2.05, 4.69) is 17.3 Å². The molecular formula is C21H29N3O4. The summed E-state index contributed by atoms with van der Waals surface area (Å²) in [5, 5.41) is 7.87. The molecule has 0 aliphatic carbocycles. The van der Waals surface area contributed by atoms with Crippen LogP contribution in [0.15, 0.2) is 29.1 Å². The number of amides is 1. The first-order valence-corrected chi connectivity index (χ1v) is 9.67. The summed E-state index contributed by atoms with van der Waals surface area (Å²) in [7, 11) is 0. The van der Waals surface area contributed by atoms with Crippen LogP contribution in [0.5, 0.6) is 0 Å².